The zero-order valence-electron chi connectivity index (χ0n) is 33.1. The highest BCUT2D eigenvalue weighted by Gasteiger charge is 2.42. The van der Waals surface area contributed by atoms with Crippen molar-refractivity contribution in [1.29, 1.82) is 0 Å². The summed E-state index contributed by atoms with van der Waals surface area (Å²) < 4.78 is 0. The predicted molar refractivity (Wildman–Crippen MR) is 233 cm³/mol. The largest absolute Gasteiger partial charge is 0.310 e. The third-order valence-electron chi connectivity index (χ3n) is 12.5. The second-order valence-electron chi connectivity index (χ2n) is 16.3. The molecule has 0 heterocycles. The summed E-state index contributed by atoms with van der Waals surface area (Å²) in [5.41, 5.74) is 20.4. The van der Waals surface area contributed by atoms with Gasteiger partial charge in [-0.15, -0.1) is 0 Å². The molecule has 0 radical (unpaired) electrons. The van der Waals surface area contributed by atoms with Crippen molar-refractivity contribution in [3.8, 4) is 33.4 Å². The highest BCUT2D eigenvalue weighted by atomic mass is 15.1. The number of hydrogen-bond acceptors (Lipinski definition) is 1. The van der Waals surface area contributed by atoms with E-state index < -0.39 is 0 Å². The van der Waals surface area contributed by atoms with Crippen LogP contribution in [-0.4, -0.2) is 0 Å². The van der Waals surface area contributed by atoms with Crippen molar-refractivity contribution in [3.05, 3.63) is 161 Å². The first kappa shape index (κ1) is 36.1. The number of unbranched alkanes of at least 4 members (excludes halogenated alkanes) is 6. The van der Waals surface area contributed by atoms with Gasteiger partial charge in [-0.2, -0.15) is 0 Å². The van der Waals surface area contributed by atoms with Gasteiger partial charge in [0.25, 0.3) is 0 Å². The average molecular weight is 708 g/mol. The molecular formula is C53H57N. The molecule has 0 fully saturated rings. The molecule has 54 heavy (non-hydrogen) atoms. The normalized spacial score (nSPS) is 13.6. The van der Waals surface area contributed by atoms with Crippen molar-refractivity contribution in [3.63, 3.8) is 0 Å². The van der Waals surface area contributed by atoms with Crippen molar-refractivity contribution in [1.82, 2.24) is 0 Å². The summed E-state index contributed by atoms with van der Waals surface area (Å²) in [4.78, 5) is 2.51. The minimum Gasteiger partial charge on any atom is -0.310 e. The van der Waals surface area contributed by atoms with Crippen LogP contribution in [0.1, 0.15) is 111 Å². The van der Waals surface area contributed by atoms with Gasteiger partial charge in [-0.3, -0.25) is 0 Å². The Kier molecular flexibility index (Phi) is 10.6. The fraction of sp³-hybridized carbons (Fsp3) is 0.321. The van der Waals surface area contributed by atoms with E-state index in [2.05, 4.69) is 160 Å². The van der Waals surface area contributed by atoms with Crippen LogP contribution in [0.25, 0.3) is 33.4 Å². The lowest BCUT2D eigenvalue weighted by Crippen LogP contribution is -2.26. The summed E-state index contributed by atoms with van der Waals surface area (Å²) in [6.45, 7) is 9.09. The Morgan fingerprint density at radius 1 is 0.444 bits per heavy atom. The van der Waals surface area contributed by atoms with Crippen LogP contribution in [0.15, 0.2) is 127 Å². The third kappa shape index (κ3) is 7.06. The average Bonchev–Trinajstić information content (AvgIpc) is 3.44. The summed E-state index contributed by atoms with van der Waals surface area (Å²) in [7, 11) is 0. The van der Waals surface area contributed by atoms with E-state index in [9.17, 15) is 0 Å². The van der Waals surface area contributed by atoms with E-state index in [1.54, 1.807) is 5.56 Å². The van der Waals surface area contributed by atoms with E-state index in [1.165, 1.54) is 155 Å². The molecule has 2 aliphatic rings. The van der Waals surface area contributed by atoms with Crippen LogP contribution in [-0.2, 0) is 18.3 Å². The Bertz CT molecular complexity index is 2210. The standard InChI is InChI=1S/C53H57N/c1-5-7-9-11-32-53(33-12-10-8-6-2)51-34-39(4)18-30-49(51)50-31-29-48(37-52(50)53)54(46-27-25-41(26-28-46)40-19-16-38(3)17-20-40)47-15-13-14-43(36-47)45-24-22-42-21-23-44(42)35-45/h13-20,22,24-31,34-37H,5-12,21,23,32-33H2,1-4H3. The molecule has 0 saturated heterocycles. The zero-order valence-corrected chi connectivity index (χ0v) is 33.1. The van der Waals surface area contributed by atoms with Crippen LogP contribution < -0.4 is 4.90 Å². The molecule has 274 valence electrons. The summed E-state index contributed by atoms with van der Waals surface area (Å²) >= 11 is 0. The van der Waals surface area contributed by atoms with E-state index in [4.69, 9.17) is 0 Å². The molecule has 0 unspecified atom stereocenters. The summed E-state index contributed by atoms with van der Waals surface area (Å²) in [5.74, 6) is 0. The Labute approximate surface area is 325 Å². The molecule has 0 aliphatic heterocycles. The van der Waals surface area contributed by atoms with Gasteiger partial charge in [-0.1, -0.05) is 167 Å². The van der Waals surface area contributed by atoms with Crippen LogP contribution >= 0.6 is 0 Å². The Morgan fingerprint density at radius 3 is 1.65 bits per heavy atom. The SMILES string of the molecule is CCCCCCC1(CCCCCC)c2cc(C)ccc2-c2ccc(N(c3ccc(-c4ccc(C)cc4)cc3)c3cccc(-c4ccc5c(c4)CC5)c3)cc21. The molecule has 0 atom stereocenters. The van der Waals surface area contributed by atoms with Gasteiger partial charge in [-0.05, 0) is 132 Å². The second kappa shape index (κ2) is 15.8. The van der Waals surface area contributed by atoms with Gasteiger partial charge in [0.05, 0.1) is 0 Å². The molecule has 2 aliphatic carbocycles. The van der Waals surface area contributed by atoms with Crippen molar-refractivity contribution < 1.29 is 0 Å². The van der Waals surface area contributed by atoms with Gasteiger partial charge < -0.3 is 4.90 Å². The maximum Gasteiger partial charge on any atom is 0.0467 e. The molecule has 0 saturated carbocycles. The Morgan fingerprint density at radius 2 is 1.00 bits per heavy atom. The molecule has 1 nitrogen and oxygen atoms in total. The summed E-state index contributed by atoms with van der Waals surface area (Å²) in [6.07, 6.45) is 15.1. The quantitative estimate of drug-likeness (QED) is 0.0961. The lowest BCUT2D eigenvalue weighted by molar-refractivity contribution is 0.401. The van der Waals surface area contributed by atoms with E-state index in [1.807, 2.05) is 0 Å². The number of hydrogen-bond donors (Lipinski definition) is 0. The molecule has 0 bridgehead atoms. The van der Waals surface area contributed by atoms with Crippen molar-refractivity contribution in [2.45, 2.75) is 110 Å². The first-order valence-corrected chi connectivity index (χ1v) is 20.9. The first-order chi connectivity index (χ1) is 26.5. The highest BCUT2D eigenvalue weighted by Crippen LogP contribution is 2.56. The molecule has 1 heteroatoms. The molecule has 6 aromatic rings. The Balaban J connectivity index is 1.26. The van der Waals surface area contributed by atoms with Crippen LogP contribution in [0.3, 0.4) is 0 Å². The molecule has 0 spiro atoms. The monoisotopic (exact) mass is 707 g/mol. The van der Waals surface area contributed by atoms with Crippen LogP contribution in [0.5, 0.6) is 0 Å². The van der Waals surface area contributed by atoms with Crippen molar-refractivity contribution in [2.24, 2.45) is 0 Å². The number of aryl methyl sites for hydroxylation is 4. The minimum atomic E-state index is 0.0307. The summed E-state index contributed by atoms with van der Waals surface area (Å²) in [5, 5.41) is 0. The second-order valence-corrected chi connectivity index (χ2v) is 16.3. The van der Waals surface area contributed by atoms with Crippen LogP contribution in [0.2, 0.25) is 0 Å². The fourth-order valence-electron chi connectivity index (χ4n) is 9.30. The minimum absolute atomic E-state index is 0.0307. The number of rotatable bonds is 15. The van der Waals surface area contributed by atoms with Gasteiger partial charge in [-0.25, -0.2) is 0 Å². The molecule has 8 rings (SSSR count). The molecule has 6 aromatic carbocycles. The van der Waals surface area contributed by atoms with Gasteiger partial charge in [0.2, 0.25) is 0 Å². The van der Waals surface area contributed by atoms with Gasteiger partial charge in [0.1, 0.15) is 0 Å². The maximum absolute atomic E-state index is 2.59. The van der Waals surface area contributed by atoms with E-state index >= 15 is 0 Å². The molecule has 0 aromatic heterocycles. The maximum atomic E-state index is 2.59. The number of anilines is 3. The van der Waals surface area contributed by atoms with Crippen molar-refractivity contribution in [2.75, 3.05) is 4.90 Å². The number of benzene rings is 6. The third-order valence-corrected chi connectivity index (χ3v) is 12.5. The topological polar surface area (TPSA) is 3.24 Å². The molecule has 0 N–H and O–H groups in total. The molecule has 0 amide bonds. The van der Waals surface area contributed by atoms with Crippen molar-refractivity contribution >= 4 is 17.1 Å². The summed E-state index contributed by atoms with van der Waals surface area (Å²) in [6, 6.07) is 49.1. The van der Waals surface area contributed by atoms with Gasteiger partial charge in [0.15, 0.2) is 0 Å². The predicted octanol–water partition coefficient (Wildman–Crippen LogP) is 15.4. The number of fused-ring (bicyclic) bond motifs is 4. The van der Waals surface area contributed by atoms with E-state index in [-0.39, 0.29) is 5.41 Å². The lowest BCUT2D eigenvalue weighted by atomic mass is 9.70. The highest BCUT2D eigenvalue weighted by molar-refractivity contribution is 5.87. The van der Waals surface area contributed by atoms with E-state index in [0.29, 0.717) is 0 Å². The fourth-order valence-corrected chi connectivity index (χ4v) is 9.30. The first-order valence-electron chi connectivity index (χ1n) is 20.9. The molecular weight excluding hydrogens is 651 g/mol. The van der Waals surface area contributed by atoms with Gasteiger partial charge >= 0.3 is 0 Å². The Hall–Kier alpha value is -4.88. The zero-order chi connectivity index (χ0) is 37.1. The number of nitrogens with zero attached hydrogens (tertiary/aromatic N) is 1. The van der Waals surface area contributed by atoms with Crippen LogP contribution in [0, 0.1) is 13.8 Å². The van der Waals surface area contributed by atoms with E-state index in [0.717, 1.165) is 0 Å². The van der Waals surface area contributed by atoms with Crippen LogP contribution in [0.4, 0.5) is 17.1 Å². The lowest BCUT2D eigenvalue weighted by Gasteiger charge is -2.34. The smallest absolute Gasteiger partial charge is 0.0467 e. The van der Waals surface area contributed by atoms with Gasteiger partial charge in [0, 0.05) is 22.5 Å².